The van der Waals surface area contributed by atoms with Crippen molar-refractivity contribution < 1.29 is 23.8 Å². The number of carbonyl (C=O) groups excluding carboxylic acids is 2. The Hall–Kier alpha value is -3.76. The standard InChI is InChI=1S/C24H34N4O7/c1-4-7-14-27(21-22(25)28(13-5-2)24(32)26-23(21)31)19(29)16-35-20(30)12-15-34-18-10-8-17(9-11-18)33-6-3/h8-11H,4-7,12-16,25H2,1-3H3,(H,26,31,32). The Kier molecular flexibility index (Phi) is 10.9. The molecule has 2 rings (SSSR count). The zero-order valence-corrected chi connectivity index (χ0v) is 20.5. The maximum absolute atomic E-state index is 12.9. The van der Waals surface area contributed by atoms with Crippen molar-refractivity contribution in [3.63, 3.8) is 0 Å². The van der Waals surface area contributed by atoms with Gasteiger partial charge in [-0.3, -0.25) is 23.9 Å². The van der Waals surface area contributed by atoms with Crippen LogP contribution in [0.5, 0.6) is 11.5 Å². The molecule has 1 aromatic heterocycles. The number of ether oxygens (including phenoxy) is 3. The number of aromatic amines is 1. The fourth-order valence-electron chi connectivity index (χ4n) is 3.30. The van der Waals surface area contributed by atoms with Crippen LogP contribution >= 0.6 is 0 Å². The van der Waals surface area contributed by atoms with Gasteiger partial charge in [-0.2, -0.15) is 0 Å². The Morgan fingerprint density at radius 3 is 2.29 bits per heavy atom. The monoisotopic (exact) mass is 490 g/mol. The predicted octanol–water partition coefficient (Wildman–Crippen LogP) is 2.07. The van der Waals surface area contributed by atoms with Gasteiger partial charge in [0.25, 0.3) is 11.5 Å². The molecule has 0 unspecified atom stereocenters. The van der Waals surface area contributed by atoms with Crippen LogP contribution in [0.4, 0.5) is 11.5 Å². The molecule has 1 heterocycles. The number of hydrogen-bond acceptors (Lipinski definition) is 8. The number of rotatable bonds is 14. The molecular formula is C24H34N4O7. The number of nitrogens with one attached hydrogen (secondary N) is 1. The second-order valence-electron chi connectivity index (χ2n) is 7.71. The first kappa shape index (κ1) is 27.5. The number of benzene rings is 1. The Bertz CT molecular complexity index is 1090. The number of hydrogen-bond donors (Lipinski definition) is 2. The topological polar surface area (TPSA) is 146 Å². The lowest BCUT2D eigenvalue weighted by atomic mass is 10.2. The lowest BCUT2D eigenvalue weighted by Crippen LogP contribution is -2.43. The van der Waals surface area contributed by atoms with E-state index in [0.717, 1.165) is 12.2 Å². The molecule has 3 N–H and O–H groups in total. The van der Waals surface area contributed by atoms with Crippen LogP contribution < -0.4 is 31.4 Å². The molecule has 2 aromatic rings. The van der Waals surface area contributed by atoms with Crippen LogP contribution in [0, 0.1) is 0 Å². The Morgan fingerprint density at radius 1 is 1.03 bits per heavy atom. The normalized spacial score (nSPS) is 10.6. The van der Waals surface area contributed by atoms with E-state index in [1.54, 1.807) is 24.3 Å². The van der Waals surface area contributed by atoms with Crippen molar-refractivity contribution in [1.82, 2.24) is 9.55 Å². The van der Waals surface area contributed by atoms with Crippen LogP contribution in [0.15, 0.2) is 33.9 Å². The van der Waals surface area contributed by atoms with Crippen LogP contribution in [-0.2, 0) is 20.9 Å². The highest BCUT2D eigenvalue weighted by Gasteiger charge is 2.24. The number of aromatic nitrogens is 2. The molecule has 0 saturated heterocycles. The van der Waals surface area contributed by atoms with E-state index in [1.807, 2.05) is 20.8 Å². The van der Waals surface area contributed by atoms with E-state index >= 15 is 0 Å². The first-order valence-electron chi connectivity index (χ1n) is 11.8. The number of carbonyl (C=O) groups is 2. The lowest BCUT2D eigenvalue weighted by molar-refractivity contribution is -0.148. The van der Waals surface area contributed by atoms with Gasteiger partial charge >= 0.3 is 11.7 Å². The third-order valence-electron chi connectivity index (χ3n) is 5.03. The molecule has 35 heavy (non-hydrogen) atoms. The smallest absolute Gasteiger partial charge is 0.330 e. The van der Waals surface area contributed by atoms with Gasteiger partial charge in [0.1, 0.15) is 17.3 Å². The molecule has 0 fully saturated rings. The van der Waals surface area contributed by atoms with Gasteiger partial charge in [0.2, 0.25) is 0 Å². The van der Waals surface area contributed by atoms with E-state index < -0.39 is 29.7 Å². The molecule has 1 amide bonds. The van der Waals surface area contributed by atoms with E-state index in [4.69, 9.17) is 19.9 Å². The molecule has 0 radical (unpaired) electrons. The molecule has 0 spiro atoms. The first-order valence-corrected chi connectivity index (χ1v) is 11.8. The predicted molar refractivity (Wildman–Crippen MR) is 132 cm³/mol. The zero-order valence-electron chi connectivity index (χ0n) is 20.5. The highest BCUT2D eigenvalue weighted by Crippen LogP contribution is 2.19. The molecule has 0 atom stereocenters. The number of anilines is 2. The van der Waals surface area contributed by atoms with Gasteiger partial charge in [-0.1, -0.05) is 20.3 Å². The van der Waals surface area contributed by atoms with Crippen LogP contribution in [0.2, 0.25) is 0 Å². The Labute approximate surface area is 203 Å². The van der Waals surface area contributed by atoms with Gasteiger partial charge in [0.05, 0.1) is 19.6 Å². The number of nitrogens with zero attached hydrogens (tertiary/aromatic N) is 2. The Balaban J connectivity index is 2.00. The summed E-state index contributed by atoms with van der Waals surface area (Å²) in [6, 6.07) is 6.98. The van der Waals surface area contributed by atoms with Gasteiger partial charge in [0, 0.05) is 13.1 Å². The van der Waals surface area contributed by atoms with E-state index in [-0.39, 0.29) is 37.6 Å². The highest BCUT2D eigenvalue weighted by atomic mass is 16.5. The third-order valence-corrected chi connectivity index (χ3v) is 5.03. The van der Waals surface area contributed by atoms with Crippen LogP contribution in [-0.4, -0.2) is 47.8 Å². The highest BCUT2D eigenvalue weighted by molar-refractivity contribution is 5.97. The largest absolute Gasteiger partial charge is 0.494 e. The minimum absolute atomic E-state index is 0.0646. The second-order valence-corrected chi connectivity index (χ2v) is 7.71. The molecule has 0 saturated carbocycles. The summed E-state index contributed by atoms with van der Waals surface area (Å²) in [6.45, 7) is 6.20. The van der Waals surface area contributed by atoms with Gasteiger partial charge in [-0.15, -0.1) is 0 Å². The average Bonchev–Trinajstić information content (AvgIpc) is 2.83. The summed E-state index contributed by atoms with van der Waals surface area (Å²) in [5.74, 6) is -0.0502. The SMILES string of the molecule is CCCCN(C(=O)COC(=O)CCOc1ccc(OCC)cc1)c1c(N)n(CCC)c(=O)[nH]c1=O. The fourth-order valence-corrected chi connectivity index (χ4v) is 3.30. The van der Waals surface area contributed by atoms with Crippen molar-refractivity contribution in [3.05, 3.63) is 45.1 Å². The Morgan fingerprint density at radius 2 is 1.69 bits per heavy atom. The van der Waals surface area contributed by atoms with Gasteiger partial charge in [-0.25, -0.2) is 4.79 Å². The van der Waals surface area contributed by atoms with Crippen molar-refractivity contribution in [2.75, 3.05) is 37.0 Å². The summed E-state index contributed by atoms with van der Waals surface area (Å²) in [4.78, 5) is 53.1. The summed E-state index contributed by atoms with van der Waals surface area (Å²) < 4.78 is 17.2. The molecule has 1 aromatic carbocycles. The van der Waals surface area contributed by atoms with E-state index in [2.05, 4.69) is 4.98 Å². The number of amides is 1. The van der Waals surface area contributed by atoms with Crippen molar-refractivity contribution in [1.29, 1.82) is 0 Å². The minimum Gasteiger partial charge on any atom is -0.494 e. The van der Waals surface area contributed by atoms with Gasteiger partial charge in [-0.05, 0) is 44.0 Å². The summed E-state index contributed by atoms with van der Waals surface area (Å²) in [5.41, 5.74) is 4.58. The van der Waals surface area contributed by atoms with Crippen LogP contribution in [0.1, 0.15) is 46.5 Å². The molecule has 11 nitrogen and oxygen atoms in total. The molecule has 0 aliphatic rings. The maximum atomic E-state index is 12.9. The van der Waals surface area contributed by atoms with Crippen molar-refractivity contribution in [3.8, 4) is 11.5 Å². The summed E-state index contributed by atoms with van der Waals surface area (Å²) in [6.07, 6.45) is 1.87. The number of nitrogen functional groups attached to an aromatic ring is 1. The fraction of sp³-hybridized carbons (Fsp3) is 0.500. The van der Waals surface area contributed by atoms with E-state index in [0.29, 0.717) is 25.2 Å². The van der Waals surface area contributed by atoms with Crippen LogP contribution in [0.25, 0.3) is 0 Å². The minimum atomic E-state index is -0.764. The van der Waals surface area contributed by atoms with Gasteiger partial charge in [0.15, 0.2) is 12.3 Å². The first-order chi connectivity index (χ1) is 16.8. The quantitative estimate of drug-likeness (QED) is 0.383. The molecule has 0 aliphatic heterocycles. The zero-order chi connectivity index (χ0) is 25.8. The number of unbranched alkanes of at least 4 members (excludes halogenated alkanes) is 1. The van der Waals surface area contributed by atoms with Crippen molar-refractivity contribution in [2.24, 2.45) is 0 Å². The molecule has 0 aliphatic carbocycles. The average molecular weight is 491 g/mol. The number of esters is 1. The summed E-state index contributed by atoms with van der Waals surface area (Å²) >= 11 is 0. The molecule has 11 heteroatoms. The van der Waals surface area contributed by atoms with Crippen LogP contribution in [0.3, 0.4) is 0 Å². The lowest BCUT2D eigenvalue weighted by Gasteiger charge is -2.24. The third kappa shape index (κ3) is 7.90. The van der Waals surface area contributed by atoms with Gasteiger partial charge < -0.3 is 24.8 Å². The van der Waals surface area contributed by atoms with Crippen molar-refractivity contribution in [2.45, 2.75) is 53.0 Å². The molecule has 192 valence electrons. The van der Waals surface area contributed by atoms with E-state index in [9.17, 15) is 19.2 Å². The second kappa shape index (κ2) is 13.8. The number of nitrogens with two attached hydrogens (primary N) is 1. The summed E-state index contributed by atoms with van der Waals surface area (Å²) in [7, 11) is 0. The molecule has 0 bridgehead atoms. The molecular weight excluding hydrogens is 456 g/mol. The van der Waals surface area contributed by atoms with E-state index in [1.165, 1.54) is 9.47 Å². The number of H-pyrrole nitrogens is 1. The maximum Gasteiger partial charge on any atom is 0.330 e. The van der Waals surface area contributed by atoms with Crippen molar-refractivity contribution >= 4 is 23.4 Å². The summed E-state index contributed by atoms with van der Waals surface area (Å²) in [5, 5.41) is 0.